The van der Waals surface area contributed by atoms with E-state index in [1.54, 1.807) is 47.4 Å². The number of unbranched alkanes of at least 4 members (excludes halogenated alkanes) is 1. The number of rotatable bonds is 10. The fraction of sp³-hybridized carbons (Fsp3) is 0.292. The van der Waals surface area contributed by atoms with Crippen molar-refractivity contribution in [2.75, 3.05) is 25.1 Å². The average molecular weight is 540 g/mol. The molecule has 0 radical (unpaired) electrons. The van der Waals surface area contributed by atoms with Crippen molar-refractivity contribution in [2.24, 2.45) is 0 Å². The van der Waals surface area contributed by atoms with Gasteiger partial charge in [-0.2, -0.15) is 0 Å². The quantitative estimate of drug-likeness (QED) is 0.278. The molecule has 1 N–H and O–H groups in total. The second kappa shape index (κ2) is 12.4. The summed E-state index contributed by atoms with van der Waals surface area (Å²) in [7, 11) is 0. The molecule has 2 aromatic carbocycles. The van der Waals surface area contributed by atoms with Crippen molar-refractivity contribution in [3.05, 3.63) is 56.9 Å². The summed E-state index contributed by atoms with van der Waals surface area (Å²) in [5.41, 5.74) is 1.17. The van der Waals surface area contributed by atoms with Crippen LogP contribution in [0, 0.1) is 0 Å². The number of carbonyl (C=O) groups is 2. The van der Waals surface area contributed by atoms with Gasteiger partial charge in [0.2, 0.25) is 0 Å². The van der Waals surface area contributed by atoms with Gasteiger partial charge >= 0.3 is 0 Å². The molecule has 0 spiro atoms. The standard InChI is InChI=1S/C24H24Cl2N2O4S2/c1-3-5-11-28-23(30)20(34-24(28)33)13-15-9-10-18(19(12-15)31-4-2)32-14-21(29)27-17-8-6-7-16(25)22(17)26/h6-10,12-13H,3-5,11,14H2,1-2H3,(H,27,29)/b20-13-. The van der Waals surface area contributed by atoms with Crippen LogP contribution in [0.2, 0.25) is 10.0 Å². The van der Waals surface area contributed by atoms with E-state index in [-0.39, 0.29) is 17.5 Å². The number of thioether (sulfide) groups is 1. The number of anilines is 1. The first-order valence-corrected chi connectivity index (χ1v) is 12.7. The van der Waals surface area contributed by atoms with Crippen LogP contribution >= 0.6 is 47.2 Å². The van der Waals surface area contributed by atoms with Crippen molar-refractivity contribution in [2.45, 2.75) is 26.7 Å². The number of ether oxygens (including phenoxy) is 2. The zero-order valence-electron chi connectivity index (χ0n) is 18.7. The van der Waals surface area contributed by atoms with Crippen molar-refractivity contribution in [1.29, 1.82) is 0 Å². The number of hydrogen-bond donors (Lipinski definition) is 1. The predicted octanol–water partition coefficient (Wildman–Crippen LogP) is 6.41. The number of amides is 2. The molecule has 0 aliphatic carbocycles. The van der Waals surface area contributed by atoms with Gasteiger partial charge in [-0.1, -0.05) is 72.7 Å². The zero-order chi connectivity index (χ0) is 24.7. The number of carbonyl (C=O) groups excluding carboxylic acids is 2. The number of hydrogen-bond acceptors (Lipinski definition) is 6. The molecule has 10 heteroatoms. The molecule has 1 saturated heterocycles. The fourth-order valence-corrected chi connectivity index (χ4v) is 4.75. The SMILES string of the molecule is CCCCN1C(=O)/C(=C/c2ccc(OCC(=O)Nc3cccc(Cl)c3Cl)c(OCC)c2)SC1=S. The molecule has 34 heavy (non-hydrogen) atoms. The minimum atomic E-state index is -0.397. The van der Waals surface area contributed by atoms with Crippen molar-refractivity contribution < 1.29 is 19.1 Å². The first kappa shape index (κ1) is 26.3. The maximum Gasteiger partial charge on any atom is 0.266 e. The Kier molecular flexibility index (Phi) is 9.64. The highest BCUT2D eigenvalue weighted by molar-refractivity contribution is 8.26. The summed E-state index contributed by atoms with van der Waals surface area (Å²) >= 11 is 18.7. The minimum absolute atomic E-state index is 0.0851. The molecule has 2 amide bonds. The molecule has 1 heterocycles. The number of benzene rings is 2. The van der Waals surface area contributed by atoms with Crippen LogP contribution in [0.5, 0.6) is 11.5 Å². The van der Waals surface area contributed by atoms with E-state index in [9.17, 15) is 9.59 Å². The maximum absolute atomic E-state index is 12.7. The Morgan fingerprint density at radius 2 is 1.97 bits per heavy atom. The van der Waals surface area contributed by atoms with Crippen molar-refractivity contribution in [3.63, 3.8) is 0 Å². The second-order valence-electron chi connectivity index (χ2n) is 7.26. The molecular weight excluding hydrogens is 515 g/mol. The number of halogens is 2. The van der Waals surface area contributed by atoms with E-state index in [1.165, 1.54) is 11.8 Å². The van der Waals surface area contributed by atoms with Gasteiger partial charge in [-0.05, 0) is 49.2 Å². The molecule has 1 fully saturated rings. The topological polar surface area (TPSA) is 67.9 Å². The van der Waals surface area contributed by atoms with Crippen LogP contribution in [0.15, 0.2) is 41.3 Å². The lowest BCUT2D eigenvalue weighted by molar-refractivity contribution is -0.122. The van der Waals surface area contributed by atoms with Gasteiger partial charge in [0.25, 0.3) is 11.8 Å². The monoisotopic (exact) mass is 538 g/mol. The Hall–Kier alpha value is -2.26. The third kappa shape index (κ3) is 6.66. The summed E-state index contributed by atoms with van der Waals surface area (Å²) < 4.78 is 12.0. The zero-order valence-corrected chi connectivity index (χ0v) is 21.9. The van der Waals surface area contributed by atoms with Gasteiger partial charge in [0.05, 0.1) is 27.2 Å². The highest BCUT2D eigenvalue weighted by Crippen LogP contribution is 2.35. The van der Waals surface area contributed by atoms with E-state index in [0.29, 0.717) is 44.6 Å². The summed E-state index contributed by atoms with van der Waals surface area (Å²) in [5, 5.41) is 3.28. The van der Waals surface area contributed by atoms with Crippen LogP contribution in [0.4, 0.5) is 5.69 Å². The molecule has 0 atom stereocenters. The Morgan fingerprint density at radius 1 is 1.18 bits per heavy atom. The van der Waals surface area contributed by atoms with E-state index in [1.807, 2.05) is 6.92 Å². The van der Waals surface area contributed by atoms with E-state index >= 15 is 0 Å². The van der Waals surface area contributed by atoms with Gasteiger partial charge < -0.3 is 14.8 Å². The average Bonchev–Trinajstić information content (AvgIpc) is 3.07. The van der Waals surface area contributed by atoms with Gasteiger partial charge in [-0.25, -0.2) is 0 Å². The summed E-state index contributed by atoms with van der Waals surface area (Å²) in [6.45, 7) is 4.70. The van der Waals surface area contributed by atoms with Gasteiger partial charge in [-0.15, -0.1) is 0 Å². The third-order valence-corrected chi connectivity index (χ3v) is 6.96. The Labute approximate surface area is 218 Å². The summed E-state index contributed by atoms with van der Waals surface area (Å²) in [6.07, 6.45) is 3.67. The number of nitrogens with one attached hydrogen (secondary N) is 1. The van der Waals surface area contributed by atoms with Crippen LogP contribution in [-0.4, -0.2) is 40.8 Å². The van der Waals surface area contributed by atoms with Crippen molar-refractivity contribution in [3.8, 4) is 11.5 Å². The largest absolute Gasteiger partial charge is 0.490 e. The lowest BCUT2D eigenvalue weighted by atomic mass is 10.2. The molecule has 0 unspecified atom stereocenters. The smallest absolute Gasteiger partial charge is 0.266 e. The molecule has 6 nitrogen and oxygen atoms in total. The van der Waals surface area contributed by atoms with E-state index in [2.05, 4.69) is 12.2 Å². The van der Waals surface area contributed by atoms with Crippen LogP contribution in [0.1, 0.15) is 32.3 Å². The lowest BCUT2D eigenvalue weighted by Gasteiger charge is -2.14. The molecule has 2 aromatic rings. The maximum atomic E-state index is 12.7. The van der Waals surface area contributed by atoms with Crippen LogP contribution in [0.25, 0.3) is 6.08 Å². The lowest BCUT2D eigenvalue weighted by Crippen LogP contribution is -2.28. The summed E-state index contributed by atoms with van der Waals surface area (Å²) in [6, 6.07) is 10.2. The minimum Gasteiger partial charge on any atom is -0.490 e. The molecule has 180 valence electrons. The predicted molar refractivity (Wildman–Crippen MR) is 143 cm³/mol. The van der Waals surface area contributed by atoms with Crippen LogP contribution < -0.4 is 14.8 Å². The molecule has 1 aliphatic heterocycles. The van der Waals surface area contributed by atoms with Crippen molar-refractivity contribution in [1.82, 2.24) is 4.90 Å². The number of nitrogens with zero attached hydrogens (tertiary/aromatic N) is 1. The van der Waals surface area contributed by atoms with Crippen LogP contribution in [0.3, 0.4) is 0 Å². The fourth-order valence-electron chi connectivity index (χ4n) is 3.09. The van der Waals surface area contributed by atoms with Crippen molar-refractivity contribution >= 4 is 75.1 Å². The van der Waals surface area contributed by atoms with Gasteiger partial charge in [0.1, 0.15) is 4.32 Å². The molecule has 1 aliphatic rings. The van der Waals surface area contributed by atoms with Gasteiger partial charge in [0.15, 0.2) is 18.1 Å². The molecule has 3 rings (SSSR count). The van der Waals surface area contributed by atoms with E-state index in [4.69, 9.17) is 44.9 Å². The van der Waals surface area contributed by atoms with E-state index < -0.39 is 5.91 Å². The molecule has 0 saturated carbocycles. The third-order valence-electron chi connectivity index (χ3n) is 4.76. The normalized spacial score (nSPS) is 14.6. The van der Waals surface area contributed by atoms with E-state index in [0.717, 1.165) is 18.4 Å². The second-order valence-corrected chi connectivity index (χ2v) is 9.73. The summed E-state index contributed by atoms with van der Waals surface area (Å²) in [5.74, 6) is 0.387. The highest BCUT2D eigenvalue weighted by Gasteiger charge is 2.31. The van der Waals surface area contributed by atoms with Gasteiger partial charge in [-0.3, -0.25) is 14.5 Å². The Balaban J connectivity index is 1.70. The molecule has 0 bridgehead atoms. The Morgan fingerprint density at radius 3 is 2.71 bits per heavy atom. The summed E-state index contributed by atoms with van der Waals surface area (Å²) in [4.78, 5) is 27.3. The molecule has 0 aromatic heterocycles. The highest BCUT2D eigenvalue weighted by atomic mass is 35.5. The Bertz CT molecular complexity index is 1120. The first-order valence-electron chi connectivity index (χ1n) is 10.7. The number of thiocarbonyl (C=S) groups is 1. The molecular formula is C24H24Cl2N2O4S2. The van der Waals surface area contributed by atoms with Crippen LogP contribution in [-0.2, 0) is 9.59 Å². The first-order chi connectivity index (χ1) is 16.3. The van der Waals surface area contributed by atoms with Gasteiger partial charge in [0, 0.05) is 6.54 Å².